The molecule has 3 nitrogen and oxygen atoms in total. The van der Waals surface area contributed by atoms with E-state index < -0.39 is 0 Å². The summed E-state index contributed by atoms with van der Waals surface area (Å²) in [6, 6.07) is 17.3. The van der Waals surface area contributed by atoms with Crippen LogP contribution in [0.3, 0.4) is 0 Å². The molecule has 0 radical (unpaired) electrons. The van der Waals surface area contributed by atoms with Gasteiger partial charge in [-0.1, -0.05) is 43.3 Å². The van der Waals surface area contributed by atoms with Gasteiger partial charge in [0.25, 0.3) is 0 Å². The van der Waals surface area contributed by atoms with Crippen molar-refractivity contribution in [1.82, 2.24) is 4.90 Å². The lowest BCUT2D eigenvalue weighted by atomic mass is 9.49. The van der Waals surface area contributed by atoms with Crippen molar-refractivity contribution in [3.05, 3.63) is 65.2 Å². The lowest BCUT2D eigenvalue weighted by Gasteiger charge is -2.64. The van der Waals surface area contributed by atoms with Crippen LogP contribution in [-0.4, -0.2) is 27.9 Å². The van der Waals surface area contributed by atoms with Crippen LogP contribution >= 0.6 is 17.0 Å². The molecular formula is C24H28BrNO2. The van der Waals surface area contributed by atoms with Crippen molar-refractivity contribution < 1.29 is 9.90 Å². The summed E-state index contributed by atoms with van der Waals surface area (Å²) in [5.74, 6) is 1.30. The third-order valence-corrected chi connectivity index (χ3v) is 7.61. The number of carbonyl (C=O) groups is 1. The number of piperidine rings is 2. The van der Waals surface area contributed by atoms with Crippen LogP contribution in [0.15, 0.2) is 48.5 Å². The van der Waals surface area contributed by atoms with Gasteiger partial charge in [-0.3, -0.25) is 9.69 Å². The van der Waals surface area contributed by atoms with Crippen molar-refractivity contribution in [2.45, 2.75) is 57.2 Å². The molecule has 1 saturated carbocycles. The molecule has 1 N–H and O–H groups in total. The van der Waals surface area contributed by atoms with Gasteiger partial charge in [0.2, 0.25) is 0 Å². The van der Waals surface area contributed by atoms with Gasteiger partial charge >= 0.3 is 0 Å². The van der Waals surface area contributed by atoms with Crippen molar-refractivity contribution in [3.8, 4) is 5.75 Å². The van der Waals surface area contributed by atoms with Gasteiger partial charge in [0, 0.05) is 24.5 Å². The molecule has 2 heterocycles. The van der Waals surface area contributed by atoms with Gasteiger partial charge in [0.1, 0.15) is 11.5 Å². The number of aromatic hydroxyl groups is 1. The lowest BCUT2D eigenvalue weighted by molar-refractivity contribution is -0.142. The van der Waals surface area contributed by atoms with Crippen molar-refractivity contribution in [1.29, 1.82) is 0 Å². The number of carbonyl (C=O) groups excluding carboxylic acids is 1. The van der Waals surface area contributed by atoms with E-state index in [2.05, 4.69) is 48.2 Å². The topological polar surface area (TPSA) is 40.5 Å². The van der Waals surface area contributed by atoms with E-state index in [1.165, 1.54) is 16.7 Å². The van der Waals surface area contributed by atoms with Gasteiger partial charge in [0.15, 0.2) is 0 Å². The first-order valence-corrected chi connectivity index (χ1v) is 10.1. The summed E-state index contributed by atoms with van der Waals surface area (Å²) in [4.78, 5) is 15.1. The summed E-state index contributed by atoms with van der Waals surface area (Å²) < 4.78 is 0. The van der Waals surface area contributed by atoms with Crippen LogP contribution in [0.4, 0.5) is 0 Å². The minimum Gasteiger partial charge on any atom is -0.508 e. The molecule has 4 aliphatic rings. The molecule has 4 heteroatoms. The van der Waals surface area contributed by atoms with Crippen LogP contribution in [0.25, 0.3) is 0 Å². The Hall–Kier alpha value is -1.65. The van der Waals surface area contributed by atoms with E-state index in [4.69, 9.17) is 0 Å². The Bertz CT molecular complexity index is 899. The predicted molar refractivity (Wildman–Crippen MR) is 116 cm³/mol. The Labute approximate surface area is 177 Å². The van der Waals surface area contributed by atoms with Gasteiger partial charge < -0.3 is 5.11 Å². The highest BCUT2D eigenvalue weighted by Crippen LogP contribution is 2.58. The maximum atomic E-state index is 12.4. The van der Waals surface area contributed by atoms with E-state index in [-0.39, 0.29) is 28.3 Å². The number of hydrogen-bond donors (Lipinski definition) is 1. The highest BCUT2D eigenvalue weighted by Gasteiger charge is 2.60. The Kier molecular flexibility index (Phi) is 4.91. The average Bonchev–Trinajstić information content (AvgIpc) is 2.65. The molecule has 2 saturated heterocycles. The number of fused-ring (bicyclic) bond motifs is 2. The number of nitrogens with zero attached hydrogens (tertiary/aromatic N) is 1. The molecule has 5 atom stereocenters. The van der Waals surface area contributed by atoms with Crippen LogP contribution in [0, 0.1) is 11.8 Å². The summed E-state index contributed by atoms with van der Waals surface area (Å²) in [5.41, 5.74) is 4.07. The largest absolute Gasteiger partial charge is 0.508 e. The van der Waals surface area contributed by atoms with Gasteiger partial charge in [-0.15, -0.1) is 17.0 Å². The predicted octanol–water partition coefficient (Wildman–Crippen LogP) is 4.65. The monoisotopic (exact) mass is 441 g/mol. The summed E-state index contributed by atoms with van der Waals surface area (Å²) in [5, 5.41) is 10.1. The molecule has 3 unspecified atom stereocenters. The smallest absolute Gasteiger partial charge is 0.134 e. The summed E-state index contributed by atoms with van der Waals surface area (Å²) in [7, 11) is 0. The van der Waals surface area contributed by atoms with E-state index in [0.29, 0.717) is 29.5 Å². The van der Waals surface area contributed by atoms with Crippen LogP contribution in [0.1, 0.15) is 43.4 Å². The SMILES string of the molecule is Br.CC(=O)[C@H]1CC2C3Cc4ccc(O)cc4[C@@]2(C)CC1N3Cc1ccccc1. The minimum atomic E-state index is 0. The standard InChI is InChI=1S/C24H27NO2.BrH/c1-15(26)19-12-21-22-10-17-8-9-18(27)11-20(17)24(21,2)13-23(19)25(22)14-16-6-4-3-5-7-16;/h3-9,11,19,21-23,27H,10,12-14H2,1-2H3;1H/t19-,21?,22?,23?,24-;/m1./s1. The molecule has 2 aromatic carbocycles. The number of phenols is 1. The number of Topliss-reactive ketones (excluding diaryl/α,β-unsaturated/α-hetero) is 1. The van der Waals surface area contributed by atoms with Crippen LogP contribution < -0.4 is 0 Å². The summed E-state index contributed by atoms with van der Waals surface area (Å²) in [6.45, 7) is 5.05. The first kappa shape index (κ1) is 19.7. The quantitative estimate of drug-likeness (QED) is 0.752. The normalized spacial score (nSPS) is 33.1. The van der Waals surface area contributed by atoms with Crippen molar-refractivity contribution in [2.75, 3.05) is 0 Å². The number of hydrogen-bond acceptors (Lipinski definition) is 3. The van der Waals surface area contributed by atoms with E-state index in [0.717, 1.165) is 25.8 Å². The van der Waals surface area contributed by atoms with Gasteiger partial charge in [-0.25, -0.2) is 0 Å². The molecule has 2 aliphatic heterocycles. The van der Waals surface area contributed by atoms with Gasteiger partial charge in [-0.05, 0) is 66.3 Å². The molecule has 0 amide bonds. The van der Waals surface area contributed by atoms with Crippen LogP contribution in [0.5, 0.6) is 5.75 Å². The fourth-order valence-corrected chi connectivity index (χ4v) is 6.36. The average molecular weight is 442 g/mol. The van der Waals surface area contributed by atoms with E-state index in [1.54, 1.807) is 6.92 Å². The number of benzene rings is 2. The van der Waals surface area contributed by atoms with Crippen molar-refractivity contribution >= 4 is 22.8 Å². The van der Waals surface area contributed by atoms with Crippen LogP contribution in [0.2, 0.25) is 0 Å². The second-order valence-corrected chi connectivity index (χ2v) is 9.02. The zero-order valence-electron chi connectivity index (χ0n) is 16.5. The molecule has 148 valence electrons. The molecule has 6 rings (SSSR count). The molecule has 4 bridgehead atoms. The minimum absolute atomic E-state index is 0. The third kappa shape index (κ3) is 2.84. The molecule has 0 aromatic heterocycles. The van der Waals surface area contributed by atoms with Gasteiger partial charge in [0.05, 0.1) is 0 Å². The first-order chi connectivity index (χ1) is 13.0. The molecule has 2 aromatic rings. The lowest BCUT2D eigenvalue weighted by Crippen LogP contribution is -2.69. The first-order valence-electron chi connectivity index (χ1n) is 10.1. The third-order valence-electron chi connectivity index (χ3n) is 7.61. The fourth-order valence-electron chi connectivity index (χ4n) is 6.36. The molecule has 0 spiro atoms. The zero-order valence-corrected chi connectivity index (χ0v) is 18.2. The van der Waals surface area contributed by atoms with E-state index in [1.807, 2.05) is 12.1 Å². The van der Waals surface area contributed by atoms with E-state index >= 15 is 0 Å². The second kappa shape index (κ2) is 7.00. The van der Waals surface area contributed by atoms with Crippen molar-refractivity contribution in [2.24, 2.45) is 11.8 Å². The summed E-state index contributed by atoms with van der Waals surface area (Å²) >= 11 is 0. The number of halogens is 1. The van der Waals surface area contributed by atoms with Gasteiger partial charge in [-0.2, -0.15) is 0 Å². The number of rotatable bonds is 3. The molecule has 3 fully saturated rings. The Balaban J connectivity index is 0.00000192. The Morgan fingerprint density at radius 2 is 1.93 bits per heavy atom. The summed E-state index contributed by atoms with van der Waals surface area (Å²) in [6.07, 6.45) is 3.01. The fraction of sp³-hybridized carbons (Fsp3) is 0.458. The number of phenolic OH excluding ortho intramolecular Hbond substituents is 1. The molecule has 28 heavy (non-hydrogen) atoms. The molecular weight excluding hydrogens is 414 g/mol. The van der Waals surface area contributed by atoms with Crippen molar-refractivity contribution in [3.63, 3.8) is 0 Å². The highest BCUT2D eigenvalue weighted by atomic mass is 79.9. The molecule has 2 aliphatic carbocycles. The second-order valence-electron chi connectivity index (χ2n) is 9.02. The maximum absolute atomic E-state index is 12.4. The number of ketones is 1. The maximum Gasteiger partial charge on any atom is 0.134 e. The van der Waals surface area contributed by atoms with Crippen LogP contribution in [-0.2, 0) is 23.2 Å². The Morgan fingerprint density at radius 3 is 2.64 bits per heavy atom. The van der Waals surface area contributed by atoms with E-state index in [9.17, 15) is 9.90 Å². The Morgan fingerprint density at radius 1 is 1.18 bits per heavy atom. The zero-order chi connectivity index (χ0) is 18.8. The highest BCUT2D eigenvalue weighted by molar-refractivity contribution is 8.93.